The van der Waals surface area contributed by atoms with Crippen LogP contribution in [0.15, 0.2) is 0 Å². The van der Waals surface area contributed by atoms with E-state index in [0.29, 0.717) is 5.92 Å². The molecule has 4 nitrogen and oxygen atoms in total. The second kappa shape index (κ2) is 5.32. The minimum Gasteiger partial charge on any atom is -0.394 e. The largest absolute Gasteiger partial charge is 0.394 e. The zero-order valence-electron chi connectivity index (χ0n) is 8.29. The number of hydrogen-bond acceptors (Lipinski definition) is 4. The molecular weight excluding hydrogens is 168 g/mol. The molecule has 1 radical (unpaired) electrons. The molecule has 0 aliphatic carbocycles. The van der Waals surface area contributed by atoms with Crippen LogP contribution in [0.1, 0.15) is 26.7 Å². The maximum Gasteiger partial charge on any atom is 0.222 e. The van der Waals surface area contributed by atoms with E-state index in [2.05, 4.69) is 0 Å². The summed E-state index contributed by atoms with van der Waals surface area (Å²) in [4.78, 5) is 10.4. The summed E-state index contributed by atoms with van der Waals surface area (Å²) in [6, 6.07) is -0.154. The van der Waals surface area contributed by atoms with E-state index in [1.807, 2.05) is 13.8 Å². The van der Waals surface area contributed by atoms with Gasteiger partial charge in [0.2, 0.25) is 6.29 Å². The standard InChI is InChI=1S/C9H19N2O2/c1-7(2)3-8(10)4-9(11,5-12)6-13/h7-8,12H,3-5,10-11H2,1-2H3/t8-,9-/m0/s1. The van der Waals surface area contributed by atoms with Gasteiger partial charge in [0.1, 0.15) is 5.54 Å². The number of carbonyl (C=O) groups excluding carboxylic acids is 1. The monoisotopic (exact) mass is 187 g/mol. The quantitative estimate of drug-likeness (QED) is 0.525. The number of rotatable bonds is 6. The Balaban J connectivity index is 4.01. The van der Waals surface area contributed by atoms with Crippen molar-refractivity contribution in [2.75, 3.05) is 6.61 Å². The molecule has 77 valence electrons. The van der Waals surface area contributed by atoms with Crippen molar-refractivity contribution >= 4 is 6.29 Å². The van der Waals surface area contributed by atoms with Crippen molar-refractivity contribution in [1.82, 2.24) is 0 Å². The van der Waals surface area contributed by atoms with Crippen LogP contribution in [0.4, 0.5) is 0 Å². The van der Waals surface area contributed by atoms with Gasteiger partial charge in [-0.25, -0.2) is 0 Å². The van der Waals surface area contributed by atoms with E-state index >= 15 is 0 Å². The number of nitrogens with two attached hydrogens (primary N) is 2. The van der Waals surface area contributed by atoms with Crippen molar-refractivity contribution in [3.05, 3.63) is 0 Å². The molecule has 0 aliphatic rings. The molecule has 5 N–H and O–H groups in total. The zero-order valence-corrected chi connectivity index (χ0v) is 8.29. The van der Waals surface area contributed by atoms with Crippen LogP contribution in [0.25, 0.3) is 0 Å². The highest BCUT2D eigenvalue weighted by atomic mass is 16.3. The predicted molar refractivity (Wildman–Crippen MR) is 51.7 cm³/mol. The Kier molecular flexibility index (Phi) is 5.13. The zero-order chi connectivity index (χ0) is 10.5. The lowest BCUT2D eigenvalue weighted by Gasteiger charge is -2.24. The average molecular weight is 187 g/mol. The molecular formula is C9H19N2O2. The summed E-state index contributed by atoms with van der Waals surface area (Å²) in [6.45, 7) is 3.69. The minimum absolute atomic E-state index is 0.154. The summed E-state index contributed by atoms with van der Waals surface area (Å²) in [5.41, 5.74) is 9.98. The summed E-state index contributed by atoms with van der Waals surface area (Å²) in [5.74, 6) is 0.463. The molecule has 0 aromatic rings. The molecule has 2 atom stereocenters. The van der Waals surface area contributed by atoms with Crippen molar-refractivity contribution in [2.45, 2.75) is 38.3 Å². The van der Waals surface area contributed by atoms with Gasteiger partial charge in [0.05, 0.1) is 6.61 Å². The molecule has 13 heavy (non-hydrogen) atoms. The second-order valence-corrected chi connectivity index (χ2v) is 4.01. The Morgan fingerprint density at radius 1 is 1.54 bits per heavy atom. The molecule has 0 bridgehead atoms. The SMILES string of the molecule is CC(C)C[C@H](N)C[C@@](N)([C]=O)CO. The molecule has 0 spiro atoms. The Morgan fingerprint density at radius 3 is 2.38 bits per heavy atom. The van der Waals surface area contributed by atoms with Gasteiger partial charge in [-0.05, 0) is 18.8 Å². The summed E-state index contributed by atoms with van der Waals surface area (Å²) in [5, 5.41) is 8.83. The summed E-state index contributed by atoms with van der Waals surface area (Å²) in [6.07, 6.45) is 2.71. The molecule has 0 aliphatic heterocycles. The van der Waals surface area contributed by atoms with Crippen LogP contribution < -0.4 is 11.5 Å². The smallest absolute Gasteiger partial charge is 0.222 e. The number of aliphatic hydroxyl groups is 1. The normalized spacial score (nSPS) is 18.3. The Hall–Kier alpha value is -0.450. The van der Waals surface area contributed by atoms with Crippen LogP contribution in [0.5, 0.6) is 0 Å². The molecule has 0 aromatic heterocycles. The van der Waals surface area contributed by atoms with Gasteiger partial charge in [-0.2, -0.15) is 0 Å². The van der Waals surface area contributed by atoms with E-state index < -0.39 is 12.1 Å². The van der Waals surface area contributed by atoms with Crippen LogP contribution in [-0.2, 0) is 4.79 Å². The fourth-order valence-electron chi connectivity index (χ4n) is 1.30. The molecule has 0 unspecified atom stereocenters. The first-order chi connectivity index (χ1) is 5.93. The molecule has 4 heteroatoms. The van der Waals surface area contributed by atoms with Gasteiger partial charge < -0.3 is 16.6 Å². The third-order valence-corrected chi connectivity index (χ3v) is 1.89. The van der Waals surface area contributed by atoms with E-state index in [9.17, 15) is 4.79 Å². The van der Waals surface area contributed by atoms with Gasteiger partial charge in [-0.15, -0.1) is 0 Å². The van der Waals surface area contributed by atoms with Crippen molar-refractivity contribution in [3.8, 4) is 0 Å². The van der Waals surface area contributed by atoms with Crippen LogP contribution in [0.3, 0.4) is 0 Å². The van der Waals surface area contributed by atoms with Gasteiger partial charge in [-0.3, -0.25) is 4.79 Å². The molecule has 0 amide bonds. The minimum atomic E-state index is -1.28. The maximum absolute atomic E-state index is 10.4. The molecule has 0 aromatic carbocycles. The van der Waals surface area contributed by atoms with Gasteiger partial charge >= 0.3 is 0 Å². The fraction of sp³-hybridized carbons (Fsp3) is 0.889. The highest BCUT2D eigenvalue weighted by molar-refractivity contribution is 5.64. The van der Waals surface area contributed by atoms with Gasteiger partial charge in [0.15, 0.2) is 0 Å². The highest BCUT2D eigenvalue weighted by Gasteiger charge is 2.27. The van der Waals surface area contributed by atoms with Crippen LogP contribution in [0, 0.1) is 5.92 Å². The maximum atomic E-state index is 10.4. The van der Waals surface area contributed by atoms with E-state index in [1.54, 1.807) is 6.29 Å². The number of hydrogen-bond donors (Lipinski definition) is 3. The van der Waals surface area contributed by atoms with E-state index in [4.69, 9.17) is 16.6 Å². The van der Waals surface area contributed by atoms with E-state index in [1.165, 1.54) is 0 Å². The Morgan fingerprint density at radius 2 is 2.08 bits per heavy atom. The fourth-order valence-corrected chi connectivity index (χ4v) is 1.30. The topological polar surface area (TPSA) is 89.3 Å². The lowest BCUT2D eigenvalue weighted by molar-refractivity contribution is 0.216. The van der Waals surface area contributed by atoms with Gasteiger partial charge in [-0.1, -0.05) is 13.8 Å². The third-order valence-electron chi connectivity index (χ3n) is 1.89. The predicted octanol–water partition coefficient (Wildman–Crippen LogP) is -0.451. The first-order valence-corrected chi connectivity index (χ1v) is 4.48. The molecule has 0 heterocycles. The second-order valence-electron chi connectivity index (χ2n) is 4.01. The van der Waals surface area contributed by atoms with Gasteiger partial charge in [0.25, 0.3) is 0 Å². The van der Waals surface area contributed by atoms with Crippen molar-refractivity contribution in [2.24, 2.45) is 17.4 Å². The lowest BCUT2D eigenvalue weighted by Crippen LogP contribution is -2.49. The third kappa shape index (κ3) is 4.98. The number of aliphatic hydroxyl groups excluding tert-OH is 1. The van der Waals surface area contributed by atoms with Crippen molar-refractivity contribution in [1.29, 1.82) is 0 Å². The summed E-state index contributed by atoms with van der Waals surface area (Å²) < 4.78 is 0. The van der Waals surface area contributed by atoms with E-state index in [0.717, 1.165) is 6.42 Å². The lowest BCUT2D eigenvalue weighted by atomic mass is 9.90. The van der Waals surface area contributed by atoms with Crippen LogP contribution >= 0.6 is 0 Å². The average Bonchev–Trinajstić information content (AvgIpc) is 2.02. The first-order valence-electron chi connectivity index (χ1n) is 4.48. The molecule has 0 fully saturated rings. The molecule has 0 saturated carbocycles. The van der Waals surface area contributed by atoms with Crippen molar-refractivity contribution < 1.29 is 9.90 Å². The Bertz CT molecular complexity index is 162. The van der Waals surface area contributed by atoms with Gasteiger partial charge in [0, 0.05) is 6.04 Å². The molecule has 0 rings (SSSR count). The highest BCUT2D eigenvalue weighted by Crippen LogP contribution is 2.11. The van der Waals surface area contributed by atoms with Crippen LogP contribution in [0.2, 0.25) is 0 Å². The summed E-state index contributed by atoms with van der Waals surface area (Å²) in [7, 11) is 0. The van der Waals surface area contributed by atoms with E-state index in [-0.39, 0.29) is 12.5 Å². The first kappa shape index (κ1) is 12.6. The Labute approximate surface area is 79.3 Å². The summed E-state index contributed by atoms with van der Waals surface area (Å²) >= 11 is 0. The van der Waals surface area contributed by atoms with Crippen molar-refractivity contribution in [3.63, 3.8) is 0 Å². The van der Waals surface area contributed by atoms with Crippen LogP contribution in [-0.4, -0.2) is 29.6 Å². The molecule has 0 saturated heterocycles.